The molecule has 2 rings (SSSR count). The molecule has 0 aromatic carbocycles. The number of hydrogen-bond acceptors (Lipinski definition) is 3. The third-order valence-electron chi connectivity index (χ3n) is 3.87. The fraction of sp³-hybridized carbons (Fsp3) is 0.600. The fourth-order valence-electron chi connectivity index (χ4n) is 2.74. The van der Waals surface area contributed by atoms with E-state index in [2.05, 4.69) is 11.9 Å². The predicted molar refractivity (Wildman–Crippen MR) is 72.0 cm³/mol. The number of carboxylic acid groups (broad SMARTS) is 1. The Kier molecular flexibility index (Phi) is 4.91. The minimum atomic E-state index is -0.994. The number of aromatic carboxylic acids is 1. The highest BCUT2D eigenvalue weighted by Crippen LogP contribution is 2.29. The third kappa shape index (κ3) is 3.77. The zero-order valence-corrected chi connectivity index (χ0v) is 11.3. The molecular weight excluding hydrogens is 242 g/mol. The van der Waals surface area contributed by atoms with Crippen molar-refractivity contribution in [1.29, 1.82) is 0 Å². The van der Waals surface area contributed by atoms with Crippen LogP contribution in [0.4, 0.5) is 0 Å². The maximum Gasteiger partial charge on any atom is 0.354 e. The molecule has 1 fully saturated rings. The van der Waals surface area contributed by atoms with Gasteiger partial charge in [-0.2, -0.15) is 0 Å². The van der Waals surface area contributed by atoms with E-state index in [1.54, 1.807) is 6.07 Å². The smallest absolute Gasteiger partial charge is 0.354 e. The lowest BCUT2D eigenvalue weighted by atomic mass is 9.85. The van der Waals surface area contributed by atoms with Crippen LogP contribution in [0.3, 0.4) is 0 Å². The molecule has 2 unspecified atom stereocenters. The van der Waals surface area contributed by atoms with Gasteiger partial charge in [-0.25, -0.2) is 9.78 Å². The van der Waals surface area contributed by atoms with Crippen LogP contribution in [-0.4, -0.2) is 22.2 Å². The lowest BCUT2D eigenvalue weighted by molar-refractivity contribution is -0.0222. The maximum atomic E-state index is 10.9. The van der Waals surface area contributed by atoms with Gasteiger partial charge >= 0.3 is 5.97 Å². The number of carbonyl (C=O) groups is 1. The molecule has 4 heteroatoms. The molecular formula is C15H21NO3. The van der Waals surface area contributed by atoms with E-state index < -0.39 is 5.97 Å². The molecule has 0 amide bonds. The average Bonchev–Trinajstić information content (AvgIpc) is 2.45. The van der Waals surface area contributed by atoms with Crippen molar-refractivity contribution in [2.75, 3.05) is 0 Å². The molecule has 0 aliphatic heterocycles. The molecule has 1 aromatic heterocycles. The highest BCUT2D eigenvalue weighted by atomic mass is 16.5. The molecule has 1 saturated carbocycles. The van der Waals surface area contributed by atoms with Gasteiger partial charge in [0.1, 0.15) is 5.69 Å². The Hall–Kier alpha value is -1.42. The Balaban J connectivity index is 1.94. The van der Waals surface area contributed by atoms with Crippen LogP contribution >= 0.6 is 0 Å². The van der Waals surface area contributed by atoms with E-state index in [0.717, 1.165) is 18.4 Å². The van der Waals surface area contributed by atoms with Crippen molar-refractivity contribution in [2.45, 2.75) is 51.7 Å². The van der Waals surface area contributed by atoms with Gasteiger partial charge in [0.15, 0.2) is 0 Å². The molecule has 4 nitrogen and oxygen atoms in total. The van der Waals surface area contributed by atoms with Crippen molar-refractivity contribution in [1.82, 2.24) is 4.98 Å². The molecule has 104 valence electrons. The predicted octanol–water partition coefficient (Wildman–Crippen LogP) is 3.27. The second-order valence-electron chi connectivity index (χ2n) is 5.16. The second kappa shape index (κ2) is 6.66. The Morgan fingerprint density at radius 3 is 3.00 bits per heavy atom. The Bertz CT molecular complexity index is 433. The third-order valence-corrected chi connectivity index (χ3v) is 3.87. The van der Waals surface area contributed by atoms with Crippen molar-refractivity contribution in [3.8, 4) is 0 Å². The van der Waals surface area contributed by atoms with Crippen molar-refractivity contribution in [3.63, 3.8) is 0 Å². The normalized spacial score (nSPS) is 23.2. The summed E-state index contributed by atoms with van der Waals surface area (Å²) in [6.07, 6.45) is 7.91. The van der Waals surface area contributed by atoms with E-state index in [9.17, 15) is 4.79 Å². The lowest BCUT2D eigenvalue weighted by Crippen LogP contribution is -2.27. The van der Waals surface area contributed by atoms with Gasteiger partial charge in [-0.1, -0.05) is 26.2 Å². The van der Waals surface area contributed by atoms with Gasteiger partial charge in [0.05, 0.1) is 12.7 Å². The Morgan fingerprint density at radius 1 is 1.47 bits per heavy atom. The molecule has 0 bridgehead atoms. The fourth-order valence-corrected chi connectivity index (χ4v) is 2.74. The second-order valence-corrected chi connectivity index (χ2v) is 5.16. The summed E-state index contributed by atoms with van der Waals surface area (Å²) in [5.74, 6) is -0.347. The molecule has 1 aliphatic rings. The van der Waals surface area contributed by atoms with E-state index in [4.69, 9.17) is 9.84 Å². The summed E-state index contributed by atoms with van der Waals surface area (Å²) in [7, 11) is 0. The topological polar surface area (TPSA) is 59.4 Å². The van der Waals surface area contributed by atoms with Gasteiger partial charge in [-0.15, -0.1) is 0 Å². The van der Waals surface area contributed by atoms with Crippen molar-refractivity contribution in [3.05, 3.63) is 29.6 Å². The first-order valence-corrected chi connectivity index (χ1v) is 7.00. The molecule has 2 atom stereocenters. The van der Waals surface area contributed by atoms with Crippen LogP contribution in [-0.2, 0) is 11.3 Å². The Morgan fingerprint density at radius 2 is 2.26 bits per heavy atom. The monoisotopic (exact) mass is 263 g/mol. The number of carboxylic acids is 1. The van der Waals surface area contributed by atoms with Crippen molar-refractivity contribution >= 4 is 5.97 Å². The summed E-state index contributed by atoms with van der Waals surface area (Å²) >= 11 is 0. The van der Waals surface area contributed by atoms with Gasteiger partial charge in [0.2, 0.25) is 0 Å². The first kappa shape index (κ1) is 14.0. The number of aromatic nitrogens is 1. The highest BCUT2D eigenvalue weighted by molar-refractivity contribution is 5.85. The summed E-state index contributed by atoms with van der Waals surface area (Å²) in [4.78, 5) is 14.7. The van der Waals surface area contributed by atoms with Crippen molar-refractivity contribution < 1.29 is 14.6 Å². The maximum absolute atomic E-state index is 10.9. The van der Waals surface area contributed by atoms with E-state index in [1.807, 2.05) is 6.07 Å². The summed E-state index contributed by atoms with van der Waals surface area (Å²) < 4.78 is 5.99. The van der Waals surface area contributed by atoms with E-state index >= 15 is 0 Å². The standard InChI is InChI=1S/C15H21NO3/c1-2-12-5-3-4-6-14(12)19-10-11-7-8-16-13(9-11)15(17)18/h7-9,12,14H,2-6,10H2,1H3,(H,17,18). The lowest BCUT2D eigenvalue weighted by Gasteiger charge is -2.30. The summed E-state index contributed by atoms with van der Waals surface area (Å²) in [6, 6.07) is 3.41. The van der Waals surface area contributed by atoms with E-state index in [0.29, 0.717) is 18.6 Å². The van der Waals surface area contributed by atoms with Crippen LogP contribution in [0.25, 0.3) is 0 Å². The molecule has 0 radical (unpaired) electrons. The zero-order chi connectivity index (χ0) is 13.7. The van der Waals surface area contributed by atoms with Crippen LogP contribution in [0, 0.1) is 5.92 Å². The first-order chi connectivity index (χ1) is 9.20. The molecule has 0 spiro atoms. The first-order valence-electron chi connectivity index (χ1n) is 7.00. The summed E-state index contributed by atoms with van der Waals surface area (Å²) in [5.41, 5.74) is 0.963. The molecule has 1 aliphatic carbocycles. The van der Waals surface area contributed by atoms with Crippen molar-refractivity contribution in [2.24, 2.45) is 5.92 Å². The van der Waals surface area contributed by atoms with Gasteiger partial charge < -0.3 is 9.84 Å². The van der Waals surface area contributed by atoms with Crippen LogP contribution in [0.2, 0.25) is 0 Å². The molecule has 1 aromatic rings. The van der Waals surface area contributed by atoms with E-state index in [-0.39, 0.29) is 5.69 Å². The molecule has 19 heavy (non-hydrogen) atoms. The van der Waals surface area contributed by atoms with Gasteiger partial charge in [-0.05, 0) is 36.5 Å². The number of ether oxygens (including phenoxy) is 1. The number of nitrogens with zero attached hydrogens (tertiary/aromatic N) is 1. The minimum Gasteiger partial charge on any atom is -0.477 e. The molecule has 1 N–H and O–H groups in total. The Labute approximate surface area is 113 Å². The van der Waals surface area contributed by atoms with Gasteiger partial charge in [0, 0.05) is 6.20 Å². The summed E-state index contributed by atoms with van der Waals surface area (Å²) in [6.45, 7) is 2.69. The van der Waals surface area contributed by atoms with Crippen LogP contribution in [0.15, 0.2) is 18.3 Å². The summed E-state index contributed by atoms with van der Waals surface area (Å²) in [5, 5.41) is 8.90. The van der Waals surface area contributed by atoms with Gasteiger partial charge in [-0.3, -0.25) is 0 Å². The SMILES string of the molecule is CCC1CCCCC1OCc1ccnc(C(=O)O)c1. The van der Waals surface area contributed by atoms with Crippen LogP contribution in [0.1, 0.15) is 55.1 Å². The highest BCUT2D eigenvalue weighted by Gasteiger charge is 2.24. The van der Waals surface area contributed by atoms with Gasteiger partial charge in [0.25, 0.3) is 0 Å². The minimum absolute atomic E-state index is 0.0804. The number of hydrogen-bond donors (Lipinski definition) is 1. The number of pyridine rings is 1. The average molecular weight is 263 g/mol. The molecule has 1 heterocycles. The molecule has 0 saturated heterocycles. The number of rotatable bonds is 5. The quantitative estimate of drug-likeness (QED) is 0.885. The van der Waals surface area contributed by atoms with Crippen LogP contribution < -0.4 is 0 Å². The van der Waals surface area contributed by atoms with Crippen LogP contribution in [0.5, 0.6) is 0 Å². The largest absolute Gasteiger partial charge is 0.477 e. The zero-order valence-electron chi connectivity index (χ0n) is 11.3. The van der Waals surface area contributed by atoms with E-state index in [1.165, 1.54) is 25.5 Å².